The van der Waals surface area contributed by atoms with Gasteiger partial charge in [0, 0.05) is 23.5 Å². The van der Waals surface area contributed by atoms with Gasteiger partial charge in [-0.05, 0) is 38.0 Å². The number of aliphatic hydroxyl groups is 1. The third-order valence-electron chi connectivity index (χ3n) is 5.98. The van der Waals surface area contributed by atoms with Crippen molar-refractivity contribution >= 4 is 11.9 Å². The lowest BCUT2D eigenvalue weighted by Crippen LogP contribution is -2.59. The van der Waals surface area contributed by atoms with E-state index in [-0.39, 0.29) is 12.5 Å². The van der Waals surface area contributed by atoms with Gasteiger partial charge in [-0.15, -0.1) is 0 Å². The molecule has 0 heterocycles. The maximum absolute atomic E-state index is 12.0. The Hall–Kier alpha value is -1.62. The lowest BCUT2D eigenvalue weighted by atomic mass is 9.67. The third kappa shape index (κ3) is 1.81. The van der Waals surface area contributed by atoms with Gasteiger partial charge in [0.2, 0.25) is 0 Å². The van der Waals surface area contributed by atoms with Gasteiger partial charge in [-0.25, -0.2) is 9.59 Å². The van der Waals surface area contributed by atoms with E-state index in [1.807, 2.05) is 0 Å². The molecule has 0 saturated heterocycles. The maximum atomic E-state index is 12.0. The standard InChI is InChI=1S/C17H22O5/c1-3-14(19)21-13-6-5-12-11-7-8-16(9-11,10-18)17(12,13)22-15(20)4-2/h3-4,11-13,18H,1-2,5-10H2. The van der Waals surface area contributed by atoms with Gasteiger partial charge in [-0.2, -0.15) is 0 Å². The quantitative estimate of drug-likeness (QED) is 0.619. The molecular weight excluding hydrogens is 284 g/mol. The Morgan fingerprint density at radius 2 is 1.91 bits per heavy atom. The average Bonchev–Trinajstić information content (AvgIpc) is 3.17. The van der Waals surface area contributed by atoms with Gasteiger partial charge >= 0.3 is 11.9 Å². The molecule has 0 amide bonds. The van der Waals surface area contributed by atoms with Crippen LogP contribution < -0.4 is 0 Å². The Morgan fingerprint density at radius 1 is 1.18 bits per heavy atom. The molecule has 0 spiro atoms. The molecule has 5 unspecified atom stereocenters. The molecule has 5 nitrogen and oxygen atoms in total. The molecule has 3 aliphatic rings. The molecule has 1 N–H and O–H groups in total. The van der Waals surface area contributed by atoms with E-state index in [0.717, 1.165) is 37.8 Å². The lowest BCUT2D eigenvalue weighted by Gasteiger charge is -2.48. The van der Waals surface area contributed by atoms with Crippen LogP contribution in [0.1, 0.15) is 32.1 Å². The number of rotatable bonds is 5. The van der Waals surface area contributed by atoms with Crippen LogP contribution in [0, 0.1) is 17.3 Å². The van der Waals surface area contributed by atoms with Gasteiger partial charge in [-0.1, -0.05) is 13.2 Å². The molecule has 5 atom stereocenters. The largest absolute Gasteiger partial charge is 0.455 e. The molecule has 2 bridgehead atoms. The summed E-state index contributed by atoms with van der Waals surface area (Å²) in [4.78, 5) is 23.6. The zero-order chi connectivity index (χ0) is 16.0. The monoisotopic (exact) mass is 306 g/mol. The Balaban J connectivity index is 2.02. The lowest BCUT2D eigenvalue weighted by molar-refractivity contribution is -0.212. The van der Waals surface area contributed by atoms with Crippen molar-refractivity contribution in [3.8, 4) is 0 Å². The number of carbonyl (C=O) groups excluding carboxylic acids is 2. The highest BCUT2D eigenvalue weighted by atomic mass is 16.6. The van der Waals surface area contributed by atoms with Crippen molar-refractivity contribution in [3.05, 3.63) is 25.3 Å². The number of fused-ring (bicyclic) bond motifs is 5. The molecule has 120 valence electrons. The highest BCUT2D eigenvalue weighted by molar-refractivity contribution is 5.83. The number of hydrogen-bond acceptors (Lipinski definition) is 5. The zero-order valence-corrected chi connectivity index (χ0v) is 12.6. The van der Waals surface area contributed by atoms with E-state index in [4.69, 9.17) is 9.47 Å². The maximum Gasteiger partial charge on any atom is 0.330 e. The van der Waals surface area contributed by atoms with Crippen LogP contribution in [0.25, 0.3) is 0 Å². The molecule has 5 heteroatoms. The first kappa shape index (κ1) is 15.3. The van der Waals surface area contributed by atoms with Crippen molar-refractivity contribution in [1.29, 1.82) is 0 Å². The summed E-state index contributed by atoms with van der Waals surface area (Å²) in [5.41, 5.74) is -1.43. The number of esters is 2. The summed E-state index contributed by atoms with van der Waals surface area (Å²) in [5.74, 6) is -0.486. The molecule has 0 aromatic rings. The highest BCUT2D eigenvalue weighted by Crippen LogP contribution is 2.69. The van der Waals surface area contributed by atoms with Crippen LogP contribution >= 0.6 is 0 Å². The fourth-order valence-corrected chi connectivity index (χ4v) is 5.24. The number of ether oxygens (including phenoxy) is 2. The van der Waals surface area contributed by atoms with Crippen LogP contribution in [-0.4, -0.2) is 35.4 Å². The summed E-state index contributed by atoms with van der Waals surface area (Å²) in [7, 11) is 0. The minimum atomic E-state index is -0.922. The Bertz CT molecular complexity index is 527. The zero-order valence-electron chi connectivity index (χ0n) is 12.6. The van der Waals surface area contributed by atoms with E-state index in [0.29, 0.717) is 12.3 Å². The van der Waals surface area contributed by atoms with Crippen molar-refractivity contribution in [1.82, 2.24) is 0 Å². The predicted octanol–water partition coefficient (Wildman–Crippen LogP) is 1.75. The minimum Gasteiger partial charge on any atom is -0.455 e. The van der Waals surface area contributed by atoms with E-state index in [2.05, 4.69) is 13.2 Å². The van der Waals surface area contributed by atoms with Crippen molar-refractivity contribution in [3.63, 3.8) is 0 Å². The first-order valence-electron chi connectivity index (χ1n) is 7.82. The molecule has 0 aromatic carbocycles. The Morgan fingerprint density at radius 3 is 2.55 bits per heavy atom. The molecule has 3 saturated carbocycles. The second kappa shape index (κ2) is 5.23. The second-order valence-corrected chi connectivity index (χ2v) is 6.67. The molecule has 0 aromatic heterocycles. The van der Waals surface area contributed by atoms with E-state index >= 15 is 0 Å². The molecule has 3 aliphatic carbocycles. The van der Waals surface area contributed by atoms with Gasteiger partial charge in [0.1, 0.15) is 6.10 Å². The van der Waals surface area contributed by atoms with Gasteiger partial charge in [-0.3, -0.25) is 0 Å². The minimum absolute atomic E-state index is 0.0629. The van der Waals surface area contributed by atoms with Crippen molar-refractivity contribution in [2.75, 3.05) is 6.61 Å². The van der Waals surface area contributed by atoms with Gasteiger partial charge in [0.05, 0.1) is 6.61 Å². The first-order chi connectivity index (χ1) is 10.5. The van der Waals surface area contributed by atoms with E-state index < -0.39 is 29.1 Å². The Labute approximate surface area is 130 Å². The summed E-state index contributed by atoms with van der Waals surface area (Å²) in [6.45, 7) is 6.83. The summed E-state index contributed by atoms with van der Waals surface area (Å²) in [6, 6.07) is 0. The van der Waals surface area contributed by atoms with Gasteiger partial charge in [0.25, 0.3) is 0 Å². The molecule has 22 heavy (non-hydrogen) atoms. The normalized spacial score (nSPS) is 41.8. The predicted molar refractivity (Wildman–Crippen MR) is 78.7 cm³/mol. The SMILES string of the molecule is C=CC(=O)OC1CCC2C3CCC(CO)(C3)C12OC(=O)C=C. The van der Waals surface area contributed by atoms with Crippen LogP contribution in [0.5, 0.6) is 0 Å². The first-order valence-corrected chi connectivity index (χ1v) is 7.82. The van der Waals surface area contributed by atoms with Gasteiger partial charge < -0.3 is 14.6 Å². The van der Waals surface area contributed by atoms with Crippen LogP contribution in [0.3, 0.4) is 0 Å². The van der Waals surface area contributed by atoms with Crippen LogP contribution in [0.4, 0.5) is 0 Å². The van der Waals surface area contributed by atoms with Crippen molar-refractivity contribution < 1.29 is 24.2 Å². The molecule has 3 fully saturated rings. The topological polar surface area (TPSA) is 72.8 Å². The summed E-state index contributed by atoms with van der Waals surface area (Å²) < 4.78 is 11.4. The van der Waals surface area contributed by atoms with Crippen LogP contribution in [-0.2, 0) is 19.1 Å². The van der Waals surface area contributed by atoms with E-state index in [1.54, 1.807) is 0 Å². The average molecular weight is 306 g/mol. The highest BCUT2D eigenvalue weighted by Gasteiger charge is 2.75. The van der Waals surface area contributed by atoms with Crippen molar-refractivity contribution in [2.24, 2.45) is 17.3 Å². The van der Waals surface area contributed by atoms with Gasteiger partial charge in [0.15, 0.2) is 5.60 Å². The molecule has 0 aliphatic heterocycles. The number of carbonyl (C=O) groups is 2. The molecular formula is C17H22O5. The Kier molecular flexibility index (Phi) is 3.63. The van der Waals surface area contributed by atoms with Crippen molar-refractivity contribution in [2.45, 2.75) is 43.8 Å². The molecule has 3 rings (SSSR count). The third-order valence-corrected chi connectivity index (χ3v) is 5.98. The number of aliphatic hydroxyl groups excluding tert-OH is 1. The fourth-order valence-electron chi connectivity index (χ4n) is 5.24. The van der Waals surface area contributed by atoms with E-state index in [1.165, 1.54) is 0 Å². The number of hydrogen-bond donors (Lipinski definition) is 1. The smallest absolute Gasteiger partial charge is 0.330 e. The van der Waals surface area contributed by atoms with Crippen LogP contribution in [0.15, 0.2) is 25.3 Å². The fraction of sp³-hybridized carbons (Fsp3) is 0.647. The van der Waals surface area contributed by atoms with E-state index in [9.17, 15) is 14.7 Å². The van der Waals surface area contributed by atoms with Crippen LogP contribution in [0.2, 0.25) is 0 Å². The summed E-state index contributed by atoms with van der Waals surface area (Å²) in [5, 5.41) is 10.1. The molecule has 0 radical (unpaired) electrons. The summed E-state index contributed by atoms with van der Waals surface area (Å²) in [6.07, 6.45) is 5.85. The summed E-state index contributed by atoms with van der Waals surface area (Å²) >= 11 is 0. The second-order valence-electron chi connectivity index (χ2n) is 6.67.